The van der Waals surface area contributed by atoms with Crippen LogP contribution in [0.15, 0.2) is 72.9 Å². The fraction of sp³-hybridized carbons (Fsp3) is 0.130. The summed E-state index contributed by atoms with van der Waals surface area (Å²) >= 11 is 6.46. The average Bonchev–Trinajstić information content (AvgIpc) is 3.24. The minimum absolute atomic E-state index is 0.218. The van der Waals surface area contributed by atoms with E-state index in [-0.39, 0.29) is 5.91 Å². The van der Waals surface area contributed by atoms with Gasteiger partial charge >= 0.3 is 0 Å². The molecular weight excluding hydrogens is 414 g/mol. The number of nitrogens with zero attached hydrogens (tertiary/aromatic N) is 1. The molecule has 0 spiro atoms. The molecule has 0 saturated heterocycles. The van der Waals surface area contributed by atoms with Crippen molar-refractivity contribution in [3.63, 3.8) is 0 Å². The number of carbonyl (C=O) groups excluding carboxylic acids is 1. The van der Waals surface area contributed by atoms with Crippen molar-refractivity contribution in [2.75, 3.05) is 18.4 Å². The average molecular weight is 436 g/mol. The lowest BCUT2D eigenvalue weighted by Crippen LogP contribution is -2.35. The van der Waals surface area contributed by atoms with Crippen LogP contribution in [0.3, 0.4) is 0 Å². The number of benzene rings is 3. The minimum Gasteiger partial charge on any atom is -0.456 e. The lowest BCUT2D eigenvalue weighted by molar-refractivity contribution is -0.118. The molecule has 1 aromatic heterocycles. The molecule has 158 valence electrons. The number of para-hydroxylation sites is 1. The van der Waals surface area contributed by atoms with E-state index in [1.54, 1.807) is 18.3 Å². The number of aromatic nitrogens is 2. The first kappa shape index (κ1) is 20.9. The van der Waals surface area contributed by atoms with E-state index in [0.29, 0.717) is 40.9 Å². The number of hydrogen-bond acceptors (Lipinski definition) is 5. The van der Waals surface area contributed by atoms with Crippen LogP contribution in [0.5, 0.6) is 11.5 Å². The van der Waals surface area contributed by atoms with Gasteiger partial charge in [-0.2, -0.15) is 5.10 Å². The van der Waals surface area contributed by atoms with E-state index in [4.69, 9.17) is 22.1 Å². The smallest absolute Gasteiger partial charge is 0.246 e. The highest BCUT2D eigenvalue weighted by molar-refractivity contribution is 6.32. The van der Waals surface area contributed by atoms with Gasteiger partial charge in [-0.25, -0.2) is 0 Å². The molecule has 0 saturated carbocycles. The van der Waals surface area contributed by atoms with E-state index >= 15 is 0 Å². The van der Waals surface area contributed by atoms with Gasteiger partial charge in [-0.1, -0.05) is 35.9 Å². The van der Waals surface area contributed by atoms with Gasteiger partial charge in [0, 0.05) is 24.2 Å². The van der Waals surface area contributed by atoms with Gasteiger partial charge in [0.25, 0.3) is 0 Å². The monoisotopic (exact) mass is 435 g/mol. The molecule has 0 bridgehead atoms. The molecule has 0 fully saturated rings. The number of amides is 1. The number of rotatable bonds is 8. The first-order chi connectivity index (χ1) is 15.1. The molecule has 3 aromatic carbocycles. The molecule has 0 aliphatic rings. The quantitative estimate of drug-likeness (QED) is 0.331. The molecule has 0 aliphatic carbocycles. The summed E-state index contributed by atoms with van der Waals surface area (Å²) in [7, 11) is 0. The first-order valence-electron chi connectivity index (χ1n) is 9.84. The molecule has 31 heavy (non-hydrogen) atoms. The third kappa shape index (κ3) is 5.03. The summed E-state index contributed by atoms with van der Waals surface area (Å²) in [6, 6.07) is 19.6. The zero-order valence-electron chi connectivity index (χ0n) is 16.6. The molecule has 4 rings (SSSR count). The van der Waals surface area contributed by atoms with Crippen LogP contribution >= 0.6 is 11.6 Å². The van der Waals surface area contributed by atoms with Crippen LogP contribution in [-0.2, 0) is 4.79 Å². The van der Waals surface area contributed by atoms with Crippen molar-refractivity contribution in [2.24, 2.45) is 5.73 Å². The fourth-order valence-corrected chi connectivity index (χ4v) is 3.45. The molecule has 1 atom stereocenters. The number of ether oxygens (including phenoxy) is 1. The van der Waals surface area contributed by atoms with Crippen LogP contribution < -0.4 is 21.1 Å². The number of halogens is 1. The van der Waals surface area contributed by atoms with Crippen LogP contribution in [0.4, 0.5) is 5.69 Å². The van der Waals surface area contributed by atoms with E-state index < -0.39 is 6.04 Å². The maximum Gasteiger partial charge on any atom is 0.246 e. The van der Waals surface area contributed by atoms with Gasteiger partial charge in [-0.3, -0.25) is 9.89 Å². The lowest BCUT2D eigenvalue weighted by atomic mass is 10.1. The summed E-state index contributed by atoms with van der Waals surface area (Å²) in [6.45, 7) is 0.867. The molecule has 1 unspecified atom stereocenters. The van der Waals surface area contributed by atoms with Gasteiger partial charge in [0.2, 0.25) is 5.91 Å². The van der Waals surface area contributed by atoms with Crippen LogP contribution in [0, 0.1) is 0 Å². The van der Waals surface area contributed by atoms with Crippen LogP contribution in [0.1, 0.15) is 11.6 Å². The summed E-state index contributed by atoms with van der Waals surface area (Å²) in [6.07, 6.45) is 1.71. The molecule has 1 amide bonds. The number of H-pyrrole nitrogens is 1. The molecule has 0 radical (unpaired) electrons. The van der Waals surface area contributed by atoms with Crippen molar-refractivity contribution in [1.29, 1.82) is 0 Å². The second-order valence-corrected chi connectivity index (χ2v) is 7.35. The Hall–Kier alpha value is -3.39. The highest BCUT2D eigenvalue weighted by atomic mass is 35.5. The Morgan fingerprint density at radius 2 is 1.97 bits per heavy atom. The minimum atomic E-state index is -0.633. The lowest BCUT2D eigenvalue weighted by Gasteiger charge is -2.20. The van der Waals surface area contributed by atoms with Crippen molar-refractivity contribution in [2.45, 2.75) is 6.04 Å². The number of hydrogen-bond donors (Lipinski definition) is 4. The zero-order chi connectivity index (χ0) is 21.6. The predicted octanol–water partition coefficient (Wildman–Crippen LogP) is 4.24. The molecule has 8 heteroatoms. The number of nitrogens with one attached hydrogen (secondary N) is 3. The second kappa shape index (κ2) is 9.61. The van der Waals surface area contributed by atoms with Gasteiger partial charge in [0.1, 0.15) is 17.5 Å². The Labute approximate surface area is 184 Å². The Kier molecular flexibility index (Phi) is 6.47. The maximum atomic E-state index is 13.1. The highest BCUT2D eigenvalue weighted by Gasteiger charge is 2.21. The first-order valence-corrected chi connectivity index (χ1v) is 10.2. The van der Waals surface area contributed by atoms with E-state index in [1.807, 2.05) is 54.6 Å². The number of nitrogens with two attached hydrogens (primary N) is 1. The molecule has 1 heterocycles. The van der Waals surface area contributed by atoms with Crippen molar-refractivity contribution in [1.82, 2.24) is 15.5 Å². The standard InChI is InChI=1S/C23H22ClN5O2/c24-19-13-15(6-9-21(19)31-18-4-2-1-3-5-18)22(26-11-10-25)23(30)28-17-7-8-20-16(12-17)14-27-29-20/h1-9,12-14,22,26H,10-11,25H2,(H,27,29)(H,28,30). The van der Waals surface area contributed by atoms with Crippen molar-refractivity contribution >= 4 is 34.1 Å². The molecular formula is C23H22ClN5O2. The van der Waals surface area contributed by atoms with Gasteiger partial charge < -0.3 is 21.1 Å². The highest BCUT2D eigenvalue weighted by Crippen LogP contribution is 2.32. The Balaban J connectivity index is 1.54. The number of aromatic amines is 1. The van der Waals surface area contributed by atoms with E-state index in [2.05, 4.69) is 20.8 Å². The zero-order valence-corrected chi connectivity index (χ0v) is 17.4. The van der Waals surface area contributed by atoms with Crippen LogP contribution in [0.25, 0.3) is 10.9 Å². The van der Waals surface area contributed by atoms with Crippen molar-refractivity contribution < 1.29 is 9.53 Å². The Morgan fingerprint density at radius 1 is 1.13 bits per heavy atom. The third-order valence-corrected chi connectivity index (χ3v) is 5.02. The topological polar surface area (TPSA) is 105 Å². The van der Waals surface area contributed by atoms with Crippen LogP contribution in [-0.4, -0.2) is 29.2 Å². The second-order valence-electron chi connectivity index (χ2n) is 6.94. The predicted molar refractivity (Wildman–Crippen MR) is 122 cm³/mol. The number of anilines is 1. The summed E-state index contributed by atoms with van der Waals surface area (Å²) < 4.78 is 5.83. The third-order valence-electron chi connectivity index (χ3n) is 4.72. The molecule has 7 nitrogen and oxygen atoms in total. The number of carbonyl (C=O) groups is 1. The normalized spacial score (nSPS) is 11.9. The molecule has 5 N–H and O–H groups in total. The summed E-state index contributed by atoms with van der Waals surface area (Å²) in [5.74, 6) is 0.978. The summed E-state index contributed by atoms with van der Waals surface area (Å²) in [5.41, 5.74) is 7.93. The Bertz CT molecular complexity index is 1180. The van der Waals surface area contributed by atoms with Gasteiger partial charge in [0.15, 0.2) is 0 Å². The van der Waals surface area contributed by atoms with E-state index in [1.165, 1.54) is 0 Å². The van der Waals surface area contributed by atoms with Crippen molar-refractivity contribution in [3.05, 3.63) is 83.5 Å². The maximum absolute atomic E-state index is 13.1. The molecule has 4 aromatic rings. The molecule has 0 aliphatic heterocycles. The summed E-state index contributed by atoms with van der Waals surface area (Å²) in [5, 5.41) is 14.3. The van der Waals surface area contributed by atoms with E-state index in [0.717, 1.165) is 10.9 Å². The largest absolute Gasteiger partial charge is 0.456 e. The van der Waals surface area contributed by atoms with Crippen molar-refractivity contribution in [3.8, 4) is 11.5 Å². The number of fused-ring (bicyclic) bond motifs is 1. The SMILES string of the molecule is NCCNC(C(=O)Nc1ccc2[nH]ncc2c1)c1ccc(Oc2ccccc2)c(Cl)c1. The fourth-order valence-electron chi connectivity index (χ4n) is 3.22. The van der Waals surface area contributed by atoms with Gasteiger partial charge in [-0.05, 0) is 48.0 Å². The summed E-state index contributed by atoms with van der Waals surface area (Å²) in [4.78, 5) is 13.1. The van der Waals surface area contributed by atoms with Gasteiger partial charge in [-0.15, -0.1) is 0 Å². The van der Waals surface area contributed by atoms with E-state index in [9.17, 15) is 4.79 Å². The Morgan fingerprint density at radius 3 is 2.74 bits per heavy atom. The van der Waals surface area contributed by atoms with Gasteiger partial charge in [0.05, 0.1) is 16.7 Å². The van der Waals surface area contributed by atoms with Crippen LogP contribution in [0.2, 0.25) is 5.02 Å².